The van der Waals surface area contributed by atoms with Crippen LogP contribution in [0.15, 0.2) is 36.4 Å². The van der Waals surface area contributed by atoms with Gasteiger partial charge in [0.05, 0.1) is 17.3 Å². The van der Waals surface area contributed by atoms with Gasteiger partial charge in [0.25, 0.3) is 5.91 Å². The number of hydrogen-bond donors (Lipinski definition) is 1. The lowest BCUT2D eigenvalue weighted by Crippen LogP contribution is -2.14. The van der Waals surface area contributed by atoms with Crippen molar-refractivity contribution in [3.8, 4) is 6.07 Å². The third-order valence-electron chi connectivity index (χ3n) is 2.86. The molecule has 2 aromatic rings. The SMILES string of the molecule is Cc1c(Cl)cccc1C(=O)Nc1ccc(C#N)cc1F. The molecule has 3 nitrogen and oxygen atoms in total. The van der Waals surface area contributed by atoms with Gasteiger partial charge in [-0.1, -0.05) is 17.7 Å². The van der Waals surface area contributed by atoms with Crippen LogP contribution in [-0.2, 0) is 0 Å². The summed E-state index contributed by atoms with van der Waals surface area (Å²) in [5, 5.41) is 11.6. The minimum Gasteiger partial charge on any atom is -0.319 e. The van der Waals surface area contributed by atoms with Crippen LogP contribution in [0.25, 0.3) is 0 Å². The summed E-state index contributed by atoms with van der Waals surface area (Å²) in [5.74, 6) is -1.11. The second kappa shape index (κ2) is 5.72. The molecule has 0 aliphatic heterocycles. The van der Waals surface area contributed by atoms with E-state index in [1.54, 1.807) is 25.1 Å². The topological polar surface area (TPSA) is 52.9 Å². The third kappa shape index (κ3) is 2.79. The highest BCUT2D eigenvalue weighted by molar-refractivity contribution is 6.32. The minimum absolute atomic E-state index is 0.0216. The second-order valence-electron chi connectivity index (χ2n) is 4.17. The fraction of sp³-hybridized carbons (Fsp3) is 0.0667. The second-order valence-corrected chi connectivity index (χ2v) is 4.58. The summed E-state index contributed by atoms with van der Waals surface area (Å²) in [6.45, 7) is 1.71. The van der Waals surface area contributed by atoms with Crippen LogP contribution in [0.3, 0.4) is 0 Å². The average Bonchev–Trinajstić information content (AvgIpc) is 2.44. The quantitative estimate of drug-likeness (QED) is 0.911. The van der Waals surface area contributed by atoms with Crippen LogP contribution in [0, 0.1) is 24.1 Å². The molecule has 0 radical (unpaired) electrons. The van der Waals surface area contributed by atoms with E-state index in [1.165, 1.54) is 12.1 Å². The summed E-state index contributed by atoms with van der Waals surface area (Å²) in [6.07, 6.45) is 0. The normalized spacial score (nSPS) is 9.90. The Kier molecular flexibility index (Phi) is 4.02. The van der Waals surface area contributed by atoms with Crippen LogP contribution in [0.4, 0.5) is 10.1 Å². The van der Waals surface area contributed by atoms with Crippen molar-refractivity contribution >= 4 is 23.2 Å². The van der Waals surface area contributed by atoms with E-state index in [0.29, 0.717) is 16.1 Å². The Morgan fingerprint density at radius 1 is 1.35 bits per heavy atom. The van der Waals surface area contributed by atoms with Gasteiger partial charge in [0.2, 0.25) is 0 Å². The number of nitriles is 1. The average molecular weight is 289 g/mol. The molecule has 2 rings (SSSR count). The minimum atomic E-state index is -0.655. The molecule has 1 amide bonds. The van der Waals surface area contributed by atoms with Crippen molar-refractivity contribution in [2.45, 2.75) is 6.92 Å². The predicted molar refractivity (Wildman–Crippen MR) is 75.3 cm³/mol. The van der Waals surface area contributed by atoms with Crippen LogP contribution in [0.5, 0.6) is 0 Å². The molecule has 0 spiro atoms. The maximum Gasteiger partial charge on any atom is 0.256 e. The zero-order valence-corrected chi connectivity index (χ0v) is 11.3. The molecule has 0 saturated carbocycles. The Balaban J connectivity index is 2.29. The largest absolute Gasteiger partial charge is 0.319 e. The summed E-state index contributed by atoms with van der Waals surface area (Å²) in [6, 6.07) is 10.6. The van der Waals surface area contributed by atoms with Gasteiger partial charge in [-0.15, -0.1) is 0 Å². The van der Waals surface area contributed by atoms with E-state index >= 15 is 0 Å². The number of carbonyl (C=O) groups is 1. The van der Waals surface area contributed by atoms with E-state index in [9.17, 15) is 9.18 Å². The Labute approximate surface area is 120 Å². The van der Waals surface area contributed by atoms with Crippen LogP contribution < -0.4 is 5.32 Å². The van der Waals surface area contributed by atoms with Crippen molar-refractivity contribution in [3.05, 3.63) is 63.9 Å². The van der Waals surface area contributed by atoms with Gasteiger partial charge in [-0.2, -0.15) is 5.26 Å². The van der Waals surface area contributed by atoms with Gasteiger partial charge < -0.3 is 5.32 Å². The Hall–Kier alpha value is -2.38. The van der Waals surface area contributed by atoms with Gasteiger partial charge in [0.15, 0.2) is 0 Å². The molecule has 1 N–H and O–H groups in total. The van der Waals surface area contributed by atoms with E-state index in [-0.39, 0.29) is 11.3 Å². The summed E-state index contributed by atoms with van der Waals surface area (Å²) in [7, 11) is 0. The number of benzene rings is 2. The fourth-order valence-corrected chi connectivity index (χ4v) is 1.90. The molecule has 0 aromatic heterocycles. The number of anilines is 1. The molecule has 2 aromatic carbocycles. The molecule has 0 atom stereocenters. The van der Waals surface area contributed by atoms with E-state index in [1.807, 2.05) is 6.07 Å². The first-order valence-electron chi connectivity index (χ1n) is 5.79. The molecule has 0 heterocycles. The maximum absolute atomic E-state index is 13.7. The molecule has 5 heteroatoms. The molecule has 20 heavy (non-hydrogen) atoms. The maximum atomic E-state index is 13.7. The number of halogens is 2. The van der Waals surface area contributed by atoms with Gasteiger partial charge in [-0.05, 0) is 42.8 Å². The summed E-state index contributed by atoms with van der Waals surface area (Å²) in [4.78, 5) is 12.1. The molecular formula is C15H10ClFN2O. The van der Waals surface area contributed by atoms with Gasteiger partial charge in [-0.3, -0.25) is 4.79 Å². The van der Waals surface area contributed by atoms with E-state index < -0.39 is 11.7 Å². The first-order chi connectivity index (χ1) is 9.52. The summed E-state index contributed by atoms with van der Waals surface area (Å²) >= 11 is 5.94. The zero-order valence-electron chi connectivity index (χ0n) is 10.6. The number of rotatable bonds is 2. The third-order valence-corrected chi connectivity index (χ3v) is 3.27. The highest BCUT2D eigenvalue weighted by atomic mass is 35.5. The van der Waals surface area contributed by atoms with Crippen molar-refractivity contribution in [3.63, 3.8) is 0 Å². The van der Waals surface area contributed by atoms with Crippen molar-refractivity contribution in [1.82, 2.24) is 0 Å². The van der Waals surface area contributed by atoms with Gasteiger partial charge in [-0.25, -0.2) is 4.39 Å². The van der Waals surface area contributed by atoms with Crippen molar-refractivity contribution in [1.29, 1.82) is 5.26 Å². The molecule has 0 fully saturated rings. The number of nitrogens with zero attached hydrogens (tertiary/aromatic N) is 1. The van der Waals surface area contributed by atoms with Gasteiger partial charge >= 0.3 is 0 Å². The number of hydrogen-bond acceptors (Lipinski definition) is 2. The van der Waals surface area contributed by atoms with Crippen molar-refractivity contribution in [2.75, 3.05) is 5.32 Å². The molecule has 0 aliphatic carbocycles. The fourth-order valence-electron chi connectivity index (χ4n) is 1.73. The van der Waals surface area contributed by atoms with Crippen LogP contribution in [-0.4, -0.2) is 5.91 Å². The molecule has 0 aliphatic rings. The van der Waals surface area contributed by atoms with Gasteiger partial charge in [0, 0.05) is 10.6 Å². The number of carbonyl (C=O) groups excluding carboxylic acids is 1. The van der Waals surface area contributed by atoms with E-state index in [2.05, 4.69) is 5.32 Å². The smallest absolute Gasteiger partial charge is 0.256 e. The zero-order chi connectivity index (χ0) is 14.7. The first kappa shape index (κ1) is 14.0. The first-order valence-corrected chi connectivity index (χ1v) is 6.17. The highest BCUT2D eigenvalue weighted by Gasteiger charge is 2.13. The lowest BCUT2D eigenvalue weighted by molar-refractivity contribution is 0.102. The lowest BCUT2D eigenvalue weighted by Gasteiger charge is -2.09. The van der Waals surface area contributed by atoms with E-state index in [0.717, 1.165) is 6.07 Å². The molecule has 0 unspecified atom stereocenters. The van der Waals surface area contributed by atoms with Crippen molar-refractivity contribution < 1.29 is 9.18 Å². The molecule has 0 saturated heterocycles. The van der Waals surface area contributed by atoms with Crippen LogP contribution in [0.1, 0.15) is 21.5 Å². The number of amides is 1. The Bertz CT molecular complexity index is 722. The standard InChI is InChI=1S/C15H10ClFN2O/c1-9-11(3-2-4-12(9)16)15(20)19-14-6-5-10(8-18)7-13(14)17/h2-7H,1H3,(H,19,20). The van der Waals surface area contributed by atoms with Crippen LogP contribution in [0.2, 0.25) is 5.02 Å². The summed E-state index contributed by atoms with van der Waals surface area (Å²) in [5.41, 5.74) is 1.22. The molecule has 100 valence electrons. The van der Waals surface area contributed by atoms with E-state index in [4.69, 9.17) is 16.9 Å². The van der Waals surface area contributed by atoms with Crippen LogP contribution >= 0.6 is 11.6 Å². The monoisotopic (exact) mass is 288 g/mol. The summed E-state index contributed by atoms with van der Waals surface area (Å²) < 4.78 is 13.7. The lowest BCUT2D eigenvalue weighted by atomic mass is 10.1. The van der Waals surface area contributed by atoms with Gasteiger partial charge in [0.1, 0.15) is 5.82 Å². The number of nitrogens with one attached hydrogen (secondary N) is 1. The van der Waals surface area contributed by atoms with Crippen molar-refractivity contribution in [2.24, 2.45) is 0 Å². The predicted octanol–water partition coefficient (Wildman–Crippen LogP) is 3.91. The molecule has 0 bridgehead atoms. The Morgan fingerprint density at radius 2 is 2.10 bits per heavy atom. The highest BCUT2D eigenvalue weighted by Crippen LogP contribution is 2.21. The Morgan fingerprint density at radius 3 is 2.75 bits per heavy atom. The molecular weight excluding hydrogens is 279 g/mol.